The van der Waals surface area contributed by atoms with Gasteiger partial charge in [-0.15, -0.1) is 0 Å². The third kappa shape index (κ3) is 30.9. The van der Waals surface area contributed by atoms with E-state index in [1.165, 1.54) is 168 Å². The Hall–Kier alpha value is -1.07. The van der Waals surface area contributed by atoms with Crippen molar-refractivity contribution in [2.24, 2.45) is 0 Å². The van der Waals surface area contributed by atoms with Crippen molar-refractivity contribution in [2.45, 2.75) is 232 Å². The molecule has 0 spiro atoms. The van der Waals surface area contributed by atoms with Crippen LogP contribution in [0.4, 0.5) is 0 Å². The van der Waals surface area contributed by atoms with Crippen LogP contribution in [-0.2, 0) is 19.2 Å². The lowest BCUT2D eigenvalue weighted by Crippen LogP contribution is -3.00. The molecule has 0 N–H and O–H groups in total. The van der Waals surface area contributed by atoms with Gasteiger partial charge in [-0.25, -0.2) is 14.1 Å². The molecule has 0 aromatic carbocycles. The third-order valence-corrected chi connectivity index (χ3v) is 10.1. The van der Waals surface area contributed by atoms with Gasteiger partial charge in [0.25, 0.3) is 0 Å². The Kier molecular flexibility index (Phi) is 36.5. The van der Waals surface area contributed by atoms with Crippen LogP contribution >= 0.6 is 0 Å². The molecule has 0 aromatic heterocycles. The van der Waals surface area contributed by atoms with Crippen LogP contribution in [0.1, 0.15) is 232 Å². The van der Waals surface area contributed by atoms with Crippen LogP contribution in [-0.4, -0.2) is 42.0 Å². The molecule has 0 saturated heterocycles. The zero-order valence-corrected chi connectivity index (χ0v) is 33.3. The van der Waals surface area contributed by atoms with Gasteiger partial charge < -0.3 is 12.4 Å². The van der Waals surface area contributed by atoms with Gasteiger partial charge in [-0.1, -0.05) is 194 Å². The van der Waals surface area contributed by atoms with E-state index in [1.807, 2.05) is 0 Å². The summed E-state index contributed by atoms with van der Waals surface area (Å²) in [6.45, 7) is 4.53. The average molecular weight is 699 g/mol. The number of rotatable bonds is 36. The van der Waals surface area contributed by atoms with Crippen molar-refractivity contribution in [2.75, 3.05) is 14.1 Å². The molecule has 0 fully saturated rings. The molecule has 0 aliphatic heterocycles. The van der Waals surface area contributed by atoms with Gasteiger partial charge in [0.15, 0.2) is 0 Å². The predicted molar refractivity (Wildman–Crippen MR) is 200 cm³/mol. The highest BCUT2D eigenvalue weighted by atomic mass is 35.5. The number of carbonyl (C=O) groups is 4. The highest BCUT2D eigenvalue weighted by Gasteiger charge is 2.37. The molecular formula is C42H80ClNO4. The summed E-state index contributed by atoms with van der Waals surface area (Å²) in [6, 6.07) is 0. The molecule has 0 radical (unpaired) electrons. The Morgan fingerprint density at radius 3 is 0.729 bits per heavy atom. The minimum atomic E-state index is -0.519. The van der Waals surface area contributed by atoms with E-state index in [2.05, 4.69) is 13.8 Å². The minimum Gasteiger partial charge on any atom is -1.00 e. The molecule has 0 aromatic rings. The molecular weight excluding hydrogens is 618 g/mol. The molecule has 284 valence electrons. The number of imide groups is 1. The van der Waals surface area contributed by atoms with E-state index < -0.39 is 16.3 Å². The summed E-state index contributed by atoms with van der Waals surface area (Å²) in [6.07, 6.45) is 38.7. The summed E-state index contributed by atoms with van der Waals surface area (Å²) < 4.78 is -0.519. The number of quaternary nitrogens is 1. The maximum Gasteiger partial charge on any atom is 0.328 e. The third-order valence-electron chi connectivity index (χ3n) is 10.1. The average Bonchev–Trinajstić information content (AvgIpc) is 3.04. The summed E-state index contributed by atoms with van der Waals surface area (Å²) >= 11 is 0. The molecule has 0 rings (SSSR count). The first kappa shape index (κ1) is 49.0. The fraction of sp³-hybridized carbons (Fsp3) is 0.905. The molecule has 0 unspecified atom stereocenters. The Bertz CT molecular complexity index is 720. The maximum absolute atomic E-state index is 12.8. The molecule has 0 aliphatic carbocycles. The standard InChI is InChI=1S/C42H80NO4.ClH/c1-5-7-9-11-13-15-17-19-21-23-25-27-29-31-33-35-39(44)37-41(46)43(3,4)42(47)38-40(45)36-34-32-30-28-26-24-22-20-18-16-14-12-10-8-6-2;/h5-38H2,1-4H3;1H/q+1;/p-1. The van der Waals surface area contributed by atoms with E-state index >= 15 is 0 Å². The van der Waals surface area contributed by atoms with Crippen molar-refractivity contribution in [3.05, 3.63) is 0 Å². The Morgan fingerprint density at radius 2 is 0.521 bits per heavy atom. The van der Waals surface area contributed by atoms with Gasteiger partial charge in [-0.2, -0.15) is 0 Å². The van der Waals surface area contributed by atoms with Gasteiger partial charge in [0.05, 0.1) is 14.1 Å². The summed E-state index contributed by atoms with van der Waals surface area (Å²) in [5, 5.41) is 0. The van der Waals surface area contributed by atoms with Crippen molar-refractivity contribution >= 4 is 23.4 Å². The van der Waals surface area contributed by atoms with E-state index in [-0.39, 0.29) is 36.8 Å². The van der Waals surface area contributed by atoms with E-state index in [1.54, 1.807) is 0 Å². The number of carbonyl (C=O) groups excluding carboxylic acids is 4. The van der Waals surface area contributed by atoms with Crippen molar-refractivity contribution in [3.8, 4) is 0 Å². The number of amides is 2. The fourth-order valence-corrected chi connectivity index (χ4v) is 6.44. The number of nitrogens with zero attached hydrogens (tertiary/aromatic N) is 1. The molecule has 0 bridgehead atoms. The van der Waals surface area contributed by atoms with Crippen LogP contribution in [0.5, 0.6) is 0 Å². The second kappa shape index (κ2) is 35.7. The molecule has 0 atom stereocenters. The fourth-order valence-electron chi connectivity index (χ4n) is 6.44. The number of halogens is 1. The van der Waals surface area contributed by atoms with Gasteiger partial charge in [-0.3, -0.25) is 9.59 Å². The minimum absolute atomic E-state index is 0. The molecule has 0 heterocycles. The van der Waals surface area contributed by atoms with Crippen molar-refractivity contribution < 1.29 is 36.1 Å². The monoisotopic (exact) mass is 698 g/mol. The quantitative estimate of drug-likeness (QED) is 0.0372. The van der Waals surface area contributed by atoms with E-state index in [0.29, 0.717) is 12.8 Å². The normalized spacial score (nSPS) is 11.4. The predicted octanol–water partition coefficient (Wildman–Crippen LogP) is 9.56. The van der Waals surface area contributed by atoms with Crippen molar-refractivity contribution in [1.29, 1.82) is 0 Å². The van der Waals surface area contributed by atoms with Crippen LogP contribution in [0.2, 0.25) is 0 Å². The zero-order chi connectivity index (χ0) is 34.9. The van der Waals surface area contributed by atoms with E-state index in [0.717, 1.165) is 38.5 Å². The Morgan fingerprint density at radius 1 is 0.333 bits per heavy atom. The summed E-state index contributed by atoms with van der Waals surface area (Å²) in [7, 11) is 3.04. The zero-order valence-electron chi connectivity index (χ0n) is 32.5. The number of hydrogen-bond acceptors (Lipinski definition) is 4. The maximum atomic E-state index is 12.8. The van der Waals surface area contributed by atoms with E-state index in [9.17, 15) is 19.2 Å². The Balaban J connectivity index is 0. The molecule has 48 heavy (non-hydrogen) atoms. The second-order valence-electron chi connectivity index (χ2n) is 15.1. The molecule has 6 heteroatoms. The van der Waals surface area contributed by atoms with Crippen LogP contribution in [0.3, 0.4) is 0 Å². The van der Waals surface area contributed by atoms with Gasteiger partial charge >= 0.3 is 11.8 Å². The van der Waals surface area contributed by atoms with Crippen molar-refractivity contribution in [1.82, 2.24) is 0 Å². The number of hydrogen-bond donors (Lipinski definition) is 0. The lowest BCUT2D eigenvalue weighted by molar-refractivity contribution is -0.735. The first-order chi connectivity index (χ1) is 22.8. The highest BCUT2D eigenvalue weighted by Crippen LogP contribution is 2.17. The number of Topliss-reactive ketones (excluding diaryl/α,β-unsaturated/α-hetero) is 2. The number of ketones is 2. The largest absolute Gasteiger partial charge is 1.00 e. The van der Waals surface area contributed by atoms with Gasteiger partial charge in [-0.05, 0) is 12.8 Å². The molecule has 2 amide bonds. The summed E-state index contributed by atoms with van der Waals surface area (Å²) in [5.41, 5.74) is 0. The lowest BCUT2D eigenvalue weighted by Gasteiger charge is -2.23. The van der Waals surface area contributed by atoms with Crippen LogP contribution in [0.15, 0.2) is 0 Å². The Labute approximate surface area is 304 Å². The topological polar surface area (TPSA) is 68.3 Å². The highest BCUT2D eigenvalue weighted by molar-refractivity contribution is 6.02. The van der Waals surface area contributed by atoms with E-state index in [4.69, 9.17) is 0 Å². The van der Waals surface area contributed by atoms with Crippen LogP contribution < -0.4 is 12.4 Å². The lowest BCUT2D eigenvalue weighted by atomic mass is 10.0. The number of unbranched alkanes of at least 4 members (excludes halogenated alkanes) is 28. The molecule has 0 saturated carbocycles. The second-order valence-corrected chi connectivity index (χ2v) is 15.1. The molecule has 5 nitrogen and oxygen atoms in total. The van der Waals surface area contributed by atoms with Crippen LogP contribution in [0.25, 0.3) is 0 Å². The van der Waals surface area contributed by atoms with Gasteiger partial charge in [0.2, 0.25) is 0 Å². The van der Waals surface area contributed by atoms with Crippen LogP contribution in [0, 0.1) is 0 Å². The molecule has 0 aliphatic rings. The van der Waals surface area contributed by atoms with Gasteiger partial charge in [0.1, 0.15) is 24.4 Å². The van der Waals surface area contributed by atoms with Crippen molar-refractivity contribution in [3.63, 3.8) is 0 Å². The smallest absolute Gasteiger partial charge is 0.328 e. The summed E-state index contributed by atoms with van der Waals surface area (Å²) in [4.78, 5) is 50.4. The van der Waals surface area contributed by atoms with Gasteiger partial charge in [0, 0.05) is 12.8 Å². The first-order valence-electron chi connectivity index (χ1n) is 20.7. The summed E-state index contributed by atoms with van der Waals surface area (Å²) in [5.74, 6) is -0.984. The first-order valence-corrected chi connectivity index (χ1v) is 20.7. The SMILES string of the molecule is CCCCCCCCCCCCCCCCCC(=O)CC(=O)[N+](C)(C)C(=O)CC(=O)CCCCCCCCCCCCCCCCC.[Cl-].